The number of hydrogen-bond acceptors (Lipinski definition) is 6. The highest BCUT2D eigenvalue weighted by Gasteiger charge is 2.49. The van der Waals surface area contributed by atoms with Crippen LogP contribution in [-0.4, -0.2) is 43.5 Å². The van der Waals surface area contributed by atoms with E-state index in [0.717, 1.165) is 53.9 Å². The maximum Gasteiger partial charge on any atom is 0.227 e. The van der Waals surface area contributed by atoms with E-state index >= 15 is 0 Å². The van der Waals surface area contributed by atoms with Gasteiger partial charge in [0.05, 0.1) is 45.4 Å². The van der Waals surface area contributed by atoms with Crippen molar-refractivity contribution in [2.45, 2.75) is 51.2 Å². The topological polar surface area (TPSA) is 79.1 Å². The second-order valence-electron chi connectivity index (χ2n) is 9.60. The van der Waals surface area contributed by atoms with Gasteiger partial charge in [0.15, 0.2) is 0 Å². The zero-order valence-corrected chi connectivity index (χ0v) is 18.6. The first-order chi connectivity index (χ1) is 14.9. The number of nitrogens with one attached hydrogen (secondary N) is 1. The van der Waals surface area contributed by atoms with Crippen molar-refractivity contribution in [3.63, 3.8) is 0 Å². The monoisotopic (exact) mass is 438 g/mol. The van der Waals surface area contributed by atoms with Crippen molar-refractivity contribution < 1.29 is 5.11 Å². The van der Waals surface area contributed by atoms with Gasteiger partial charge in [-0.05, 0) is 51.7 Å². The number of hydrogen-bond donors (Lipinski definition) is 2. The first-order valence-electron chi connectivity index (χ1n) is 11.1. The van der Waals surface area contributed by atoms with E-state index < -0.39 is 5.60 Å². The van der Waals surface area contributed by atoms with Gasteiger partial charge in [-0.25, -0.2) is 9.97 Å². The summed E-state index contributed by atoms with van der Waals surface area (Å²) in [7, 11) is 0. The van der Waals surface area contributed by atoms with Crippen molar-refractivity contribution >= 4 is 39.8 Å². The molecule has 2 N–H and O–H groups in total. The van der Waals surface area contributed by atoms with E-state index in [4.69, 9.17) is 16.6 Å². The van der Waals surface area contributed by atoms with Crippen LogP contribution >= 0.6 is 11.6 Å². The van der Waals surface area contributed by atoms with Crippen LogP contribution in [0.3, 0.4) is 0 Å². The first-order valence-corrected chi connectivity index (χ1v) is 11.5. The van der Waals surface area contributed by atoms with E-state index in [9.17, 15) is 5.11 Å². The zero-order chi connectivity index (χ0) is 21.3. The van der Waals surface area contributed by atoms with Crippen LogP contribution in [0.4, 0.5) is 17.3 Å². The van der Waals surface area contributed by atoms with Crippen LogP contribution in [0.15, 0.2) is 24.5 Å². The van der Waals surface area contributed by atoms with Crippen LogP contribution in [0.1, 0.15) is 44.3 Å². The molecule has 3 heterocycles. The summed E-state index contributed by atoms with van der Waals surface area (Å²) in [5, 5.41) is 20.3. The lowest BCUT2D eigenvalue weighted by Crippen LogP contribution is -2.52. The molecule has 0 unspecified atom stereocenters. The van der Waals surface area contributed by atoms with Gasteiger partial charge < -0.3 is 15.3 Å². The van der Waals surface area contributed by atoms with Gasteiger partial charge in [0, 0.05) is 36.5 Å². The molecule has 1 aliphatic heterocycles. The smallest absolute Gasteiger partial charge is 0.227 e. The Morgan fingerprint density at radius 3 is 2.58 bits per heavy atom. The van der Waals surface area contributed by atoms with Gasteiger partial charge in [-0.1, -0.05) is 11.6 Å². The summed E-state index contributed by atoms with van der Waals surface area (Å²) in [6.07, 6.45) is 8.21. The zero-order valence-electron chi connectivity index (χ0n) is 17.8. The third-order valence-electron chi connectivity index (χ3n) is 7.57. The van der Waals surface area contributed by atoms with Gasteiger partial charge in [-0.15, -0.1) is 0 Å². The Morgan fingerprint density at radius 1 is 1.13 bits per heavy atom. The summed E-state index contributed by atoms with van der Waals surface area (Å²) in [5.41, 5.74) is 3.33. The molecule has 2 bridgehead atoms. The number of rotatable bonds is 4. The molecule has 0 amide bonds. The highest BCUT2D eigenvalue weighted by Crippen LogP contribution is 2.47. The van der Waals surface area contributed by atoms with Crippen LogP contribution in [0.5, 0.6) is 0 Å². The van der Waals surface area contributed by atoms with E-state index in [2.05, 4.69) is 38.0 Å². The lowest BCUT2D eigenvalue weighted by molar-refractivity contribution is -0.0271. The van der Waals surface area contributed by atoms with Gasteiger partial charge in [0.2, 0.25) is 5.95 Å². The lowest BCUT2D eigenvalue weighted by atomic mass is 9.82. The average molecular weight is 439 g/mol. The maximum atomic E-state index is 10.8. The Hall–Kier alpha value is -2.38. The van der Waals surface area contributed by atoms with Crippen molar-refractivity contribution in [3.05, 3.63) is 35.2 Å². The standard InChI is InChI=1S/C23H27ClN6O/c1-13-20(10-26-30(13)17-5-6-17)28-22-25-9-14-7-18(24)21(8-19(14)27-22)29-11-15-3-4-16(12-29)23(15,2)31/h7-10,15-17,31H,3-6,11-12H2,1-2H3,(H,25,27,28)/t15-,16+,23+. The van der Waals surface area contributed by atoms with E-state index in [1.807, 2.05) is 25.4 Å². The van der Waals surface area contributed by atoms with E-state index in [-0.39, 0.29) is 11.8 Å². The highest BCUT2D eigenvalue weighted by molar-refractivity contribution is 6.34. The molecular weight excluding hydrogens is 412 g/mol. The number of benzene rings is 1. The fourth-order valence-electron chi connectivity index (χ4n) is 5.37. The molecule has 6 rings (SSSR count). The minimum atomic E-state index is -0.568. The van der Waals surface area contributed by atoms with Crippen LogP contribution in [0.2, 0.25) is 5.02 Å². The normalized spacial score (nSPS) is 27.8. The van der Waals surface area contributed by atoms with Gasteiger partial charge >= 0.3 is 0 Å². The molecule has 1 saturated heterocycles. The SMILES string of the molecule is Cc1c(Nc2ncc3cc(Cl)c(N4C[C@H]5CC[C@@H](C4)[C@@]5(C)O)cc3n2)cnn1C1CC1. The summed E-state index contributed by atoms with van der Waals surface area (Å²) in [4.78, 5) is 11.6. The molecule has 2 aromatic heterocycles. The fraction of sp³-hybridized carbons (Fsp3) is 0.522. The molecule has 8 heteroatoms. The molecule has 1 aromatic carbocycles. The highest BCUT2D eigenvalue weighted by atomic mass is 35.5. The Kier molecular flexibility index (Phi) is 4.24. The summed E-state index contributed by atoms with van der Waals surface area (Å²) in [6, 6.07) is 4.55. The molecule has 3 aromatic rings. The molecule has 162 valence electrons. The third-order valence-corrected chi connectivity index (χ3v) is 7.87. The Balaban J connectivity index is 1.30. The molecule has 3 fully saturated rings. The molecule has 0 spiro atoms. The predicted molar refractivity (Wildman–Crippen MR) is 122 cm³/mol. The van der Waals surface area contributed by atoms with Crippen molar-refractivity contribution in [3.8, 4) is 0 Å². The van der Waals surface area contributed by atoms with Gasteiger partial charge in [0.1, 0.15) is 0 Å². The van der Waals surface area contributed by atoms with Crippen molar-refractivity contribution in [1.29, 1.82) is 0 Å². The van der Waals surface area contributed by atoms with Crippen LogP contribution in [0, 0.1) is 18.8 Å². The van der Waals surface area contributed by atoms with Crippen molar-refractivity contribution in [2.24, 2.45) is 11.8 Å². The van der Waals surface area contributed by atoms with E-state index in [1.165, 1.54) is 12.8 Å². The fourth-order valence-corrected chi connectivity index (χ4v) is 5.66. The molecule has 31 heavy (non-hydrogen) atoms. The summed E-state index contributed by atoms with van der Waals surface area (Å²) >= 11 is 6.67. The number of aliphatic hydroxyl groups is 1. The van der Waals surface area contributed by atoms with Gasteiger partial charge in [0.25, 0.3) is 0 Å². The van der Waals surface area contributed by atoms with Gasteiger partial charge in [-0.2, -0.15) is 5.10 Å². The van der Waals surface area contributed by atoms with Crippen LogP contribution in [-0.2, 0) is 0 Å². The van der Waals surface area contributed by atoms with Crippen molar-refractivity contribution in [2.75, 3.05) is 23.3 Å². The van der Waals surface area contributed by atoms with Crippen LogP contribution < -0.4 is 10.2 Å². The van der Waals surface area contributed by atoms with Crippen molar-refractivity contribution in [1.82, 2.24) is 19.7 Å². The number of aromatic nitrogens is 4. The third kappa shape index (κ3) is 3.17. The first kappa shape index (κ1) is 19.3. The minimum absolute atomic E-state index is 0.284. The minimum Gasteiger partial charge on any atom is -0.389 e. The molecule has 2 aliphatic carbocycles. The number of piperidine rings is 1. The summed E-state index contributed by atoms with van der Waals surface area (Å²) in [6.45, 7) is 5.72. The molecule has 2 saturated carbocycles. The lowest BCUT2D eigenvalue weighted by Gasteiger charge is -2.43. The largest absolute Gasteiger partial charge is 0.389 e. The van der Waals surface area contributed by atoms with E-state index in [1.54, 1.807) is 0 Å². The molecule has 7 nitrogen and oxygen atoms in total. The Bertz CT molecular complexity index is 1150. The quantitative estimate of drug-likeness (QED) is 0.625. The second-order valence-corrected chi connectivity index (χ2v) is 10.0. The molecule has 0 radical (unpaired) electrons. The maximum absolute atomic E-state index is 10.8. The number of anilines is 3. The second kappa shape index (κ2) is 6.81. The van der Waals surface area contributed by atoms with E-state index in [0.29, 0.717) is 17.0 Å². The summed E-state index contributed by atoms with van der Waals surface area (Å²) < 4.78 is 2.08. The Labute approximate surface area is 186 Å². The van der Waals surface area contributed by atoms with Crippen LogP contribution in [0.25, 0.3) is 10.9 Å². The Morgan fingerprint density at radius 2 is 1.87 bits per heavy atom. The number of halogens is 1. The molecule has 3 atom stereocenters. The number of fused-ring (bicyclic) bond motifs is 3. The average Bonchev–Trinajstić information content (AvgIpc) is 3.50. The molecule has 3 aliphatic rings. The number of nitrogens with zero attached hydrogens (tertiary/aromatic N) is 5. The molecular formula is C23H27ClN6O. The van der Waals surface area contributed by atoms with Gasteiger partial charge in [-0.3, -0.25) is 4.68 Å². The summed E-state index contributed by atoms with van der Waals surface area (Å²) in [5.74, 6) is 1.12. The predicted octanol–water partition coefficient (Wildman–Crippen LogP) is 4.46.